The lowest BCUT2D eigenvalue weighted by molar-refractivity contribution is -0.385. The zero-order chi connectivity index (χ0) is 18.9. The van der Waals surface area contributed by atoms with E-state index >= 15 is 0 Å². The van der Waals surface area contributed by atoms with Gasteiger partial charge in [-0.15, -0.1) is 0 Å². The minimum absolute atomic E-state index is 0.0228. The van der Waals surface area contributed by atoms with Crippen molar-refractivity contribution in [1.82, 2.24) is 10.6 Å². The van der Waals surface area contributed by atoms with Crippen molar-refractivity contribution >= 4 is 11.6 Å². The van der Waals surface area contributed by atoms with Crippen LogP contribution in [0.15, 0.2) is 18.2 Å². The summed E-state index contributed by atoms with van der Waals surface area (Å²) >= 11 is 0. The first-order chi connectivity index (χ1) is 12.6. The van der Waals surface area contributed by atoms with Crippen LogP contribution in [0.25, 0.3) is 0 Å². The van der Waals surface area contributed by atoms with Crippen LogP contribution in [-0.2, 0) is 6.54 Å². The first-order valence-electron chi connectivity index (χ1n) is 9.92. The van der Waals surface area contributed by atoms with E-state index in [0.717, 1.165) is 38.1 Å². The lowest BCUT2D eigenvalue weighted by atomic mass is 9.95. The number of hydrogen-bond acceptors (Lipinski definition) is 4. The fraction of sp³-hybridized carbons (Fsp3) is 0.650. The van der Waals surface area contributed by atoms with E-state index in [1.54, 1.807) is 12.1 Å². The molecule has 26 heavy (non-hydrogen) atoms. The van der Waals surface area contributed by atoms with Gasteiger partial charge in [0.1, 0.15) is 0 Å². The van der Waals surface area contributed by atoms with E-state index in [1.807, 2.05) is 13.8 Å². The molecule has 144 valence electrons. The van der Waals surface area contributed by atoms with Crippen LogP contribution in [0, 0.1) is 16.0 Å². The molecule has 2 aliphatic rings. The molecule has 0 unspecified atom stereocenters. The first kappa shape index (κ1) is 20.4. The van der Waals surface area contributed by atoms with Crippen LogP contribution in [0.3, 0.4) is 0 Å². The summed E-state index contributed by atoms with van der Waals surface area (Å²) in [5.74, 6) is 0.520. The van der Waals surface area contributed by atoms with Crippen molar-refractivity contribution in [2.24, 2.45) is 5.92 Å². The van der Waals surface area contributed by atoms with Crippen LogP contribution in [0.5, 0.6) is 0 Å². The number of carbonyl (C=O) groups excluding carboxylic acids is 1. The van der Waals surface area contributed by atoms with Gasteiger partial charge in [0.15, 0.2) is 0 Å². The molecule has 0 saturated heterocycles. The minimum Gasteiger partial charge on any atom is -0.349 e. The predicted octanol–water partition coefficient (Wildman–Crippen LogP) is 4.18. The van der Waals surface area contributed by atoms with Gasteiger partial charge in [0.25, 0.3) is 11.6 Å². The monoisotopic (exact) mass is 361 g/mol. The van der Waals surface area contributed by atoms with Crippen molar-refractivity contribution < 1.29 is 9.72 Å². The molecule has 0 aliphatic heterocycles. The Morgan fingerprint density at radius 3 is 2.46 bits per heavy atom. The quantitative estimate of drug-likeness (QED) is 0.563. The van der Waals surface area contributed by atoms with Gasteiger partial charge in [-0.2, -0.15) is 0 Å². The second kappa shape index (κ2) is 10.3. The summed E-state index contributed by atoms with van der Waals surface area (Å²) in [4.78, 5) is 23.3. The molecule has 0 atom stereocenters. The van der Waals surface area contributed by atoms with Gasteiger partial charge in [-0.1, -0.05) is 39.2 Å². The van der Waals surface area contributed by atoms with Gasteiger partial charge in [0, 0.05) is 29.8 Å². The van der Waals surface area contributed by atoms with E-state index in [9.17, 15) is 14.9 Å². The van der Waals surface area contributed by atoms with E-state index < -0.39 is 4.92 Å². The second-order valence-electron chi connectivity index (χ2n) is 6.98. The van der Waals surface area contributed by atoms with Crippen molar-refractivity contribution in [3.05, 3.63) is 39.4 Å². The molecule has 2 aliphatic carbocycles. The largest absolute Gasteiger partial charge is 0.349 e. The van der Waals surface area contributed by atoms with Gasteiger partial charge in [-0.05, 0) is 44.2 Å². The number of amides is 1. The second-order valence-corrected chi connectivity index (χ2v) is 6.98. The molecule has 0 radical (unpaired) electrons. The summed E-state index contributed by atoms with van der Waals surface area (Å²) in [5.41, 5.74) is 1.03. The van der Waals surface area contributed by atoms with Crippen LogP contribution in [0.1, 0.15) is 74.7 Å². The van der Waals surface area contributed by atoms with Crippen molar-refractivity contribution in [3.8, 4) is 0 Å². The maximum absolute atomic E-state index is 12.4. The normalized spacial score (nSPS) is 17.2. The summed E-state index contributed by atoms with van der Waals surface area (Å²) in [6, 6.07) is 5.00. The maximum Gasteiger partial charge on any atom is 0.274 e. The molecule has 0 heterocycles. The van der Waals surface area contributed by atoms with Crippen LogP contribution in [0.2, 0.25) is 0 Å². The number of nitro benzene ring substituents is 1. The molecule has 1 aromatic rings. The highest BCUT2D eigenvalue weighted by Crippen LogP contribution is 2.28. The Balaban J connectivity index is 0.00000117. The van der Waals surface area contributed by atoms with E-state index in [0.29, 0.717) is 17.7 Å². The molecule has 0 bridgehead atoms. The summed E-state index contributed by atoms with van der Waals surface area (Å²) < 4.78 is 0. The van der Waals surface area contributed by atoms with E-state index in [-0.39, 0.29) is 17.6 Å². The van der Waals surface area contributed by atoms with Crippen molar-refractivity contribution in [1.29, 1.82) is 0 Å². The third-order valence-electron chi connectivity index (χ3n) is 4.93. The number of benzene rings is 1. The Bertz CT molecular complexity index is 608. The van der Waals surface area contributed by atoms with E-state index in [1.165, 1.54) is 25.3 Å². The Morgan fingerprint density at radius 2 is 1.85 bits per heavy atom. The smallest absolute Gasteiger partial charge is 0.274 e. The highest BCUT2D eigenvalue weighted by molar-refractivity contribution is 5.95. The summed E-state index contributed by atoms with van der Waals surface area (Å²) in [5, 5.41) is 17.6. The first-order valence-corrected chi connectivity index (χ1v) is 9.92. The van der Waals surface area contributed by atoms with Crippen molar-refractivity contribution in [2.45, 2.75) is 71.4 Å². The maximum atomic E-state index is 12.4. The van der Waals surface area contributed by atoms with Crippen LogP contribution < -0.4 is 10.6 Å². The SMILES string of the molecule is CC.O=C(NC1CCCCC1)c1ccc(CNCC2CC2)c([N+](=O)[O-])c1. The summed E-state index contributed by atoms with van der Waals surface area (Å²) in [7, 11) is 0. The molecular formula is C20H31N3O3. The minimum atomic E-state index is -0.397. The molecule has 1 amide bonds. The zero-order valence-corrected chi connectivity index (χ0v) is 15.9. The van der Waals surface area contributed by atoms with Gasteiger partial charge in [-0.3, -0.25) is 14.9 Å². The molecule has 0 spiro atoms. The van der Waals surface area contributed by atoms with Crippen LogP contribution in [0.4, 0.5) is 5.69 Å². The summed E-state index contributed by atoms with van der Waals surface area (Å²) in [6.07, 6.45) is 7.98. The van der Waals surface area contributed by atoms with Crippen LogP contribution in [-0.4, -0.2) is 23.4 Å². The Labute approximate surface area is 155 Å². The third-order valence-corrected chi connectivity index (χ3v) is 4.93. The molecule has 2 N–H and O–H groups in total. The lowest BCUT2D eigenvalue weighted by Gasteiger charge is -2.22. The van der Waals surface area contributed by atoms with Crippen LogP contribution >= 0.6 is 0 Å². The molecule has 3 rings (SSSR count). The molecule has 6 heteroatoms. The molecule has 2 saturated carbocycles. The number of nitro groups is 1. The molecular weight excluding hydrogens is 330 g/mol. The predicted molar refractivity (Wildman–Crippen MR) is 103 cm³/mol. The highest BCUT2D eigenvalue weighted by Gasteiger charge is 2.22. The van der Waals surface area contributed by atoms with Gasteiger partial charge in [0.2, 0.25) is 0 Å². The number of nitrogens with one attached hydrogen (secondary N) is 2. The molecule has 1 aromatic carbocycles. The van der Waals surface area contributed by atoms with Gasteiger partial charge in [0.05, 0.1) is 4.92 Å². The fourth-order valence-corrected chi connectivity index (χ4v) is 3.27. The average Bonchev–Trinajstić information content (AvgIpc) is 3.48. The molecule has 6 nitrogen and oxygen atoms in total. The number of hydrogen-bond donors (Lipinski definition) is 2. The van der Waals surface area contributed by atoms with Gasteiger partial charge < -0.3 is 10.6 Å². The van der Waals surface area contributed by atoms with Gasteiger partial charge >= 0.3 is 0 Å². The van der Waals surface area contributed by atoms with E-state index in [2.05, 4.69) is 10.6 Å². The Hall–Kier alpha value is -1.95. The molecule has 2 fully saturated rings. The summed E-state index contributed by atoms with van der Waals surface area (Å²) in [6.45, 7) is 5.37. The van der Waals surface area contributed by atoms with Crippen molar-refractivity contribution in [3.63, 3.8) is 0 Å². The zero-order valence-electron chi connectivity index (χ0n) is 15.9. The topological polar surface area (TPSA) is 84.3 Å². The lowest BCUT2D eigenvalue weighted by Crippen LogP contribution is -2.36. The number of carbonyl (C=O) groups is 1. The van der Waals surface area contributed by atoms with Crippen molar-refractivity contribution in [2.75, 3.05) is 6.54 Å². The van der Waals surface area contributed by atoms with E-state index in [4.69, 9.17) is 0 Å². The standard InChI is InChI=1S/C18H25N3O3.C2H6/c22-18(20-16-4-2-1-3-5-16)14-8-9-15(17(10-14)21(23)24)12-19-11-13-6-7-13;1-2/h8-10,13,16,19H,1-7,11-12H2,(H,20,22);1-2H3. The number of nitrogens with zero attached hydrogens (tertiary/aromatic N) is 1. The third kappa shape index (κ3) is 6.09. The molecule has 0 aromatic heterocycles. The number of rotatable bonds is 7. The highest BCUT2D eigenvalue weighted by atomic mass is 16.6. The fourth-order valence-electron chi connectivity index (χ4n) is 3.27. The Morgan fingerprint density at radius 1 is 1.15 bits per heavy atom. The Kier molecular flexibility index (Phi) is 8.04. The average molecular weight is 361 g/mol. The van der Waals surface area contributed by atoms with Gasteiger partial charge in [-0.25, -0.2) is 0 Å².